The molecule has 1 atom stereocenters. The summed E-state index contributed by atoms with van der Waals surface area (Å²) in [5.41, 5.74) is 2.32. The normalized spacial score (nSPS) is 20.0. The van der Waals surface area contributed by atoms with Crippen LogP contribution in [-0.2, 0) is 0 Å². The highest BCUT2D eigenvalue weighted by Crippen LogP contribution is 2.29. The molecule has 0 aromatic heterocycles. The van der Waals surface area contributed by atoms with Crippen molar-refractivity contribution in [3.63, 3.8) is 0 Å². The molecule has 0 saturated carbocycles. The van der Waals surface area contributed by atoms with Crippen LogP contribution in [0.5, 0.6) is 0 Å². The topological polar surface area (TPSA) is 18.5 Å². The minimum absolute atomic E-state index is 0.513. The Morgan fingerprint density at radius 3 is 2.68 bits per heavy atom. The van der Waals surface area contributed by atoms with E-state index in [9.17, 15) is 0 Å². The van der Waals surface area contributed by atoms with E-state index in [0.717, 1.165) is 17.3 Å². The van der Waals surface area contributed by atoms with Gasteiger partial charge in [0.15, 0.2) is 0 Å². The number of nitrogens with zero attached hydrogens (tertiary/aromatic N) is 2. The molecule has 1 fully saturated rings. The molecular weight excluding hydrogens is 258 g/mol. The maximum atomic E-state index is 6.12. The van der Waals surface area contributed by atoms with E-state index in [-0.39, 0.29) is 0 Å². The lowest BCUT2D eigenvalue weighted by Crippen LogP contribution is -2.31. The number of benzene rings is 1. The smallest absolute Gasteiger partial charge is 0.0597 e. The molecule has 1 aliphatic heterocycles. The van der Waals surface area contributed by atoms with E-state index >= 15 is 0 Å². The molecule has 106 valence electrons. The zero-order valence-electron chi connectivity index (χ0n) is 12.3. The lowest BCUT2D eigenvalue weighted by molar-refractivity contribution is 0.274. The lowest BCUT2D eigenvalue weighted by Gasteiger charge is -2.23. The molecule has 0 radical (unpaired) electrons. The maximum absolute atomic E-state index is 6.12. The standard InChI is InChI=1S/C15H24ClN3/c1-11(2)19-8-7-13(10-19)17-14-9-12(16)5-6-15(14)18(3)4/h5-6,9,11,13,17H,7-8,10H2,1-4H3. The highest BCUT2D eigenvalue weighted by atomic mass is 35.5. The van der Waals surface area contributed by atoms with Gasteiger partial charge in [-0.15, -0.1) is 0 Å². The third-order valence-electron chi connectivity index (χ3n) is 3.75. The Morgan fingerprint density at radius 2 is 2.11 bits per heavy atom. The molecule has 1 aliphatic rings. The Bertz CT molecular complexity index is 431. The first-order chi connectivity index (χ1) is 8.97. The summed E-state index contributed by atoms with van der Waals surface area (Å²) < 4.78 is 0. The van der Waals surface area contributed by atoms with Gasteiger partial charge in [0.25, 0.3) is 0 Å². The Morgan fingerprint density at radius 1 is 1.37 bits per heavy atom. The zero-order valence-corrected chi connectivity index (χ0v) is 13.0. The average Bonchev–Trinajstić information content (AvgIpc) is 2.77. The lowest BCUT2D eigenvalue weighted by atomic mass is 10.2. The third-order valence-corrected chi connectivity index (χ3v) is 3.99. The van der Waals surface area contributed by atoms with Gasteiger partial charge in [-0.2, -0.15) is 0 Å². The number of halogens is 1. The summed E-state index contributed by atoms with van der Waals surface area (Å²) in [7, 11) is 4.12. The van der Waals surface area contributed by atoms with E-state index in [1.165, 1.54) is 18.7 Å². The van der Waals surface area contributed by atoms with Gasteiger partial charge < -0.3 is 10.2 Å². The van der Waals surface area contributed by atoms with Crippen LogP contribution >= 0.6 is 11.6 Å². The van der Waals surface area contributed by atoms with Crippen molar-refractivity contribution in [3.05, 3.63) is 23.2 Å². The average molecular weight is 282 g/mol. The largest absolute Gasteiger partial charge is 0.379 e. The van der Waals surface area contributed by atoms with Gasteiger partial charge in [0, 0.05) is 44.3 Å². The summed E-state index contributed by atoms with van der Waals surface area (Å²) in [6.07, 6.45) is 1.19. The van der Waals surface area contributed by atoms with E-state index in [2.05, 4.69) is 49.1 Å². The van der Waals surface area contributed by atoms with E-state index in [1.807, 2.05) is 12.1 Å². The van der Waals surface area contributed by atoms with Crippen LogP contribution < -0.4 is 10.2 Å². The summed E-state index contributed by atoms with van der Waals surface area (Å²) >= 11 is 6.12. The van der Waals surface area contributed by atoms with Crippen molar-refractivity contribution < 1.29 is 0 Å². The Labute approximate surface area is 121 Å². The molecule has 1 unspecified atom stereocenters. The zero-order chi connectivity index (χ0) is 14.0. The first-order valence-corrected chi connectivity index (χ1v) is 7.32. The van der Waals surface area contributed by atoms with Crippen molar-refractivity contribution in [1.82, 2.24) is 4.90 Å². The van der Waals surface area contributed by atoms with Gasteiger partial charge >= 0.3 is 0 Å². The first kappa shape index (κ1) is 14.5. The molecule has 0 aliphatic carbocycles. The summed E-state index contributed by atoms with van der Waals surface area (Å²) in [5, 5.41) is 4.43. The number of nitrogens with one attached hydrogen (secondary N) is 1. The van der Waals surface area contributed by atoms with Crippen molar-refractivity contribution in [3.8, 4) is 0 Å². The van der Waals surface area contributed by atoms with E-state index < -0.39 is 0 Å². The van der Waals surface area contributed by atoms with Gasteiger partial charge in [-0.05, 0) is 38.5 Å². The number of hydrogen-bond acceptors (Lipinski definition) is 3. The molecule has 1 aromatic rings. The van der Waals surface area contributed by atoms with E-state index in [0.29, 0.717) is 12.1 Å². The van der Waals surface area contributed by atoms with Crippen molar-refractivity contribution in [2.75, 3.05) is 37.4 Å². The predicted molar refractivity (Wildman–Crippen MR) is 84.5 cm³/mol. The molecule has 0 amide bonds. The van der Waals surface area contributed by atoms with E-state index in [4.69, 9.17) is 11.6 Å². The highest BCUT2D eigenvalue weighted by Gasteiger charge is 2.24. The van der Waals surface area contributed by atoms with E-state index in [1.54, 1.807) is 0 Å². The molecule has 1 saturated heterocycles. The monoisotopic (exact) mass is 281 g/mol. The predicted octanol–water partition coefficient (Wildman–Crippen LogP) is 3.30. The molecular formula is C15H24ClN3. The quantitative estimate of drug-likeness (QED) is 0.914. The number of likely N-dealkylation sites (tertiary alicyclic amines) is 1. The SMILES string of the molecule is CC(C)N1CCC(Nc2cc(Cl)ccc2N(C)C)C1. The minimum Gasteiger partial charge on any atom is -0.379 e. The van der Waals surface area contributed by atoms with Crippen LogP contribution in [0.15, 0.2) is 18.2 Å². The molecule has 2 rings (SSSR count). The Hall–Kier alpha value is -0.930. The van der Waals surface area contributed by atoms with Crippen LogP contribution in [0.2, 0.25) is 5.02 Å². The van der Waals surface area contributed by atoms with Crippen LogP contribution in [0.3, 0.4) is 0 Å². The Kier molecular flexibility index (Phi) is 4.58. The van der Waals surface area contributed by atoms with Gasteiger partial charge in [0.05, 0.1) is 11.4 Å². The first-order valence-electron chi connectivity index (χ1n) is 6.95. The molecule has 1 heterocycles. The van der Waals surface area contributed by atoms with Crippen molar-refractivity contribution in [1.29, 1.82) is 0 Å². The summed E-state index contributed by atoms with van der Waals surface area (Å²) in [6, 6.07) is 7.17. The second kappa shape index (κ2) is 6.02. The van der Waals surface area contributed by atoms with Gasteiger partial charge in [0.1, 0.15) is 0 Å². The van der Waals surface area contributed by atoms with Crippen LogP contribution in [0, 0.1) is 0 Å². The second-order valence-corrected chi connectivity index (χ2v) is 6.21. The van der Waals surface area contributed by atoms with Gasteiger partial charge in [0.2, 0.25) is 0 Å². The van der Waals surface area contributed by atoms with Crippen LogP contribution in [0.1, 0.15) is 20.3 Å². The van der Waals surface area contributed by atoms with Gasteiger partial charge in [-0.25, -0.2) is 0 Å². The molecule has 1 aromatic carbocycles. The maximum Gasteiger partial charge on any atom is 0.0597 e. The van der Waals surface area contributed by atoms with Crippen molar-refractivity contribution in [2.24, 2.45) is 0 Å². The van der Waals surface area contributed by atoms with Crippen LogP contribution in [0.25, 0.3) is 0 Å². The van der Waals surface area contributed by atoms with Crippen molar-refractivity contribution in [2.45, 2.75) is 32.4 Å². The van der Waals surface area contributed by atoms with Gasteiger partial charge in [-0.3, -0.25) is 4.90 Å². The molecule has 19 heavy (non-hydrogen) atoms. The fourth-order valence-electron chi connectivity index (χ4n) is 2.61. The molecule has 0 spiro atoms. The highest BCUT2D eigenvalue weighted by molar-refractivity contribution is 6.31. The second-order valence-electron chi connectivity index (χ2n) is 5.77. The fraction of sp³-hybridized carbons (Fsp3) is 0.600. The minimum atomic E-state index is 0.513. The molecule has 1 N–H and O–H groups in total. The van der Waals surface area contributed by atoms with Crippen LogP contribution in [0.4, 0.5) is 11.4 Å². The van der Waals surface area contributed by atoms with Crippen molar-refractivity contribution >= 4 is 23.0 Å². The molecule has 3 nitrogen and oxygen atoms in total. The van der Waals surface area contributed by atoms with Crippen LogP contribution in [-0.4, -0.2) is 44.2 Å². The third kappa shape index (κ3) is 3.54. The van der Waals surface area contributed by atoms with Gasteiger partial charge in [-0.1, -0.05) is 11.6 Å². The summed E-state index contributed by atoms with van der Waals surface area (Å²) in [6.45, 7) is 6.80. The molecule has 4 heteroatoms. The number of hydrogen-bond donors (Lipinski definition) is 1. The number of anilines is 2. The molecule has 0 bridgehead atoms. The summed E-state index contributed by atoms with van der Waals surface area (Å²) in [4.78, 5) is 4.63. The summed E-state index contributed by atoms with van der Waals surface area (Å²) in [5.74, 6) is 0. The number of rotatable bonds is 4. The fourth-order valence-corrected chi connectivity index (χ4v) is 2.78. The Balaban J connectivity index is 2.09.